The lowest BCUT2D eigenvalue weighted by molar-refractivity contribution is 0.0706. The third-order valence-electron chi connectivity index (χ3n) is 5.27. The van der Waals surface area contributed by atoms with E-state index in [1.807, 2.05) is 0 Å². The predicted molar refractivity (Wildman–Crippen MR) is 96.8 cm³/mol. The van der Waals surface area contributed by atoms with Crippen LogP contribution in [-0.4, -0.2) is 41.0 Å². The fourth-order valence-corrected chi connectivity index (χ4v) is 3.82. The van der Waals surface area contributed by atoms with Gasteiger partial charge in [-0.25, -0.2) is 13.8 Å². The highest BCUT2D eigenvalue weighted by atomic mass is 19.2. The topological polar surface area (TPSA) is 58.2 Å². The van der Waals surface area contributed by atoms with Crippen LogP contribution in [0.25, 0.3) is 11.0 Å². The third kappa shape index (κ3) is 2.98. The minimum atomic E-state index is -1.22. The highest BCUT2D eigenvalue weighted by Gasteiger charge is 2.30. The summed E-state index contributed by atoms with van der Waals surface area (Å²) in [5.41, 5.74) is 0.866. The zero-order valence-electron chi connectivity index (χ0n) is 15.1. The van der Waals surface area contributed by atoms with Crippen LogP contribution in [0.1, 0.15) is 34.7 Å². The molecule has 8 heteroatoms. The molecule has 1 aromatic carbocycles. The molecule has 28 heavy (non-hydrogen) atoms. The molecule has 3 aromatic rings. The van der Waals surface area contributed by atoms with Crippen molar-refractivity contribution in [1.82, 2.24) is 14.9 Å². The first-order valence-electron chi connectivity index (χ1n) is 8.94. The number of methoxy groups -OCH3 is 1. The van der Waals surface area contributed by atoms with Gasteiger partial charge in [0.15, 0.2) is 11.6 Å². The van der Waals surface area contributed by atoms with Gasteiger partial charge in [0, 0.05) is 30.2 Å². The van der Waals surface area contributed by atoms with Gasteiger partial charge in [-0.05, 0) is 37.0 Å². The summed E-state index contributed by atoms with van der Waals surface area (Å²) in [5.74, 6) is -3.70. The van der Waals surface area contributed by atoms with Gasteiger partial charge in [0.1, 0.15) is 11.5 Å². The second-order valence-corrected chi connectivity index (χ2v) is 6.77. The molecule has 0 bridgehead atoms. The van der Waals surface area contributed by atoms with E-state index in [2.05, 4.69) is 9.97 Å². The smallest absolute Gasteiger partial charge is 0.256 e. The molecule has 1 aliphatic rings. The summed E-state index contributed by atoms with van der Waals surface area (Å²) in [5, 5.41) is 0.730. The number of nitrogens with zero attached hydrogens (tertiary/aromatic N) is 2. The minimum Gasteiger partial charge on any atom is -0.494 e. The molecule has 2 aromatic heterocycles. The van der Waals surface area contributed by atoms with Gasteiger partial charge >= 0.3 is 0 Å². The Morgan fingerprint density at radius 2 is 1.93 bits per heavy atom. The number of pyridine rings is 1. The van der Waals surface area contributed by atoms with E-state index in [0.717, 1.165) is 5.39 Å². The first-order valence-corrected chi connectivity index (χ1v) is 8.94. The lowest BCUT2D eigenvalue weighted by Gasteiger charge is -2.32. The summed E-state index contributed by atoms with van der Waals surface area (Å²) in [6, 6.07) is 4.23. The van der Waals surface area contributed by atoms with Gasteiger partial charge in [0.2, 0.25) is 5.82 Å². The molecule has 3 heterocycles. The van der Waals surface area contributed by atoms with Gasteiger partial charge < -0.3 is 14.6 Å². The zero-order chi connectivity index (χ0) is 19.8. The normalized spacial score (nSPS) is 15.2. The number of fused-ring (bicyclic) bond motifs is 1. The van der Waals surface area contributed by atoms with Gasteiger partial charge in [0.25, 0.3) is 5.91 Å². The monoisotopic (exact) mass is 389 g/mol. The van der Waals surface area contributed by atoms with Crippen molar-refractivity contribution in [3.8, 4) is 5.75 Å². The molecule has 0 atom stereocenters. The van der Waals surface area contributed by atoms with E-state index in [9.17, 15) is 18.0 Å². The average molecular weight is 389 g/mol. The van der Waals surface area contributed by atoms with Crippen LogP contribution in [0.3, 0.4) is 0 Å². The lowest BCUT2D eigenvalue weighted by Crippen LogP contribution is -2.38. The summed E-state index contributed by atoms with van der Waals surface area (Å²) in [6.45, 7) is 0.647. The Labute approximate surface area is 159 Å². The number of hydrogen-bond acceptors (Lipinski definition) is 3. The summed E-state index contributed by atoms with van der Waals surface area (Å²) in [4.78, 5) is 21.1. The Balaban J connectivity index is 1.53. The van der Waals surface area contributed by atoms with Crippen LogP contribution in [0.15, 0.2) is 30.6 Å². The lowest BCUT2D eigenvalue weighted by atomic mass is 9.87. The SMILES string of the molecule is COc1ccc(C(=O)N2CCC(c3c(F)cnc4[nH]ccc34)CC2)c(F)c1F. The largest absolute Gasteiger partial charge is 0.494 e. The zero-order valence-corrected chi connectivity index (χ0v) is 15.1. The van der Waals surface area contributed by atoms with Crippen molar-refractivity contribution < 1.29 is 22.7 Å². The van der Waals surface area contributed by atoms with Crippen LogP contribution in [0, 0.1) is 17.5 Å². The van der Waals surface area contributed by atoms with Crippen molar-refractivity contribution in [2.24, 2.45) is 0 Å². The molecule has 0 aliphatic carbocycles. The molecule has 4 rings (SSSR count). The Morgan fingerprint density at radius 3 is 2.64 bits per heavy atom. The standard InChI is InChI=1S/C20H18F3N3O2/c1-28-15-3-2-13(17(22)18(15)23)20(27)26-8-5-11(6-9-26)16-12-4-7-24-19(12)25-10-14(16)21/h2-4,7,10-11H,5-6,8-9H2,1H3,(H,24,25). The van der Waals surface area contributed by atoms with Crippen molar-refractivity contribution in [1.29, 1.82) is 0 Å². The Kier molecular flexibility index (Phi) is 4.70. The van der Waals surface area contributed by atoms with Crippen LogP contribution < -0.4 is 4.74 Å². The molecular weight excluding hydrogens is 371 g/mol. The Bertz CT molecular complexity index is 1040. The molecule has 1 amide bonds. The first kappa shape index (κ1) is 18.3. The molecule has 0 unspecified atom stereocenters. The van der Waals surface area contributed by atoms with E-state index in [-0.39, 0.29) is 23.0 Å². The number of rotatable bonds is 3. The van der Waals surface area contributed by atoms with Crippen molar-refractivity contribution in [2.75, 3.05) is 20.2 Å². The number of ether oxygens (including phenoxy) is 1. The van der Waals surface area contributed by atoms with E-state index >= 15 is 0 Å². The molecule has 1 fully saturated rings. The summed E-state index contributed by atoms with van der Waals surface area (Å²) >= 11 is 0. The molecule has 1 N–H and O–H groups in total. The van der Waals surface area contributed by atoms with Crippen molar-refractivity contribution in [3.63, 3.8) is 0 Å². The molecule has 0 spiro atoms. The highest BCUT2D eigenvalue weighted by Crippen LogP contribution is 2.35. The number of nitrogens with one attached hydrogen (secondary N) is 1. The van der Waals surface area contributed by atoms with Gasteiger partial charge in [-0.1, -0.05) is 0 Å². The molecule has 0 radical (unpaired) electrons. The number of H-pyrrole nitrogens is 1. The first-order chi connectivity index (χ1) is 13.5. The molecule has 1 saturated heterocycles. The number of amides is 1. The van der Waals surface area contributed by atoms with Crippen LogP contribution in [0.4, 0.5) is 13.2 Å². The second-order valence-electron chi connectivity index (χ2n) is 6.77. The fourth-order valence-electron chi connectivity index (χ4n) is 3.82. The molecule has 0 saturated carbocycles. The predicted octanol–water partition coefficient (Wildman–Crippen LogP) is 4.01. The van der Waals surface area contributed by atoms with Crippen molar-refractivity contribution in [2.45, 2.75) is 18.8 Å². The second kappa shape index (κ2) is 7.18. The fraction of sp³-hybridized carbons (Fsp3) is 0.300. The Morgan fingerprint density at radius 1 is 1.18 bits per heavy atom. The van der Waals surface area contributed by atoms with E-state index in [4.69, 9.17) is 4.74 Å². The number of piperidine rings is 1. The molecule has 1 aliphatic heterocycles. The number of halogens is 3. The van der Waals surface area contributed by atoms with E-state index < -0.39 is 17.5 Å². The van der Waals surface area contributed by atoms with Gasteiger partial charge in [-0.3, -0.25) is 4.79 Å². The van der Waals surface area contributed by atoms with E-state index in [0.29, 0.717) is 37.1 Å². The molecular formula is C20H18F3N3O2. The number of likely N-dealkylation sites (tertiary alicyclic amines) is 1. The summed E-state index contributed by atoms with van der Waals surface area (Å²) in [6.07, 6.45) is 3.95. The van der Waals surface area contributed by atoms with E-state index in [1.165, 1.54) is 30.3 Å². The van der Waals surface area contributed by atoms with Gasteiger partial charge in [0.05, 0.1) is 18.9 Å². The summed E-state index contributed by atoms with van der Waals surface area (Å²) < 4.78 is 47.3. The average Bonchev–Trinajstić information content (AvgIpc) is 3.18. The Hall–Kier alpha value is -3.03. The van der Waals surface area contributed by atoms with Crippen LogP contribution in [-0.2, 0) is 0 Å². The van der Waals surface area contributed by atoms with Crippen LogP contribution >= 0.6 is 0 Å². The van der Waals surface area contributed by atoms with Gasteiger partial charge in [-0.15, -0.1) is 0 Å². The van der Waals surface area contributed by atoms with Crippen LogP contribution in [0.2, 0.25) is 0 Å². The highest BCUT2D eigenvalue weighted by molar-refractivity contribution is 5.94. The van der Waals surface area contributed by atoms with Crippen LogP contribution in [0.5, 0.6) is 5.75 Å². The number of hydrogen-bond donors (Lipinski definition) is 1. The number of benzene rings is 1. The molecule has 146 valence electrons. The summed E-state index contributed by atoms with van der Waals surface area (Å²) in [7, 11) is 1.23. The quantitative estimate of drug-likeness (QED) is 0.736. The number of aromatic nitrogens is 2. The van der Waals surface area contributed by atoms with E-state index in [1.54, 1.807) is 12.3 Å². The van der Waals surface area contributed by atoms with Crippen molar-refractivity contribution in [3.05, 3.63) is 59.2 Å². The number of carbonyl (C=O) groups excluding carboxylic acids is 1. The number of carbonyl (C=O) groups is 1. The van der Waals surface area contributed by atoms with Gasteiger partial charge in [-0.2, -0.15) is 4.39 Å². The minimum absolute atomic E-state index is 0.0807. The molecule has 5 nitrogen and oxygen atoms in total. The third-order valence-corrected chi connectivity index (χ3v) is 5.27. The maximum Gasteiger partial charge on any atom is 0.256 e. The maximum absolute atomic E-state index is 14.4. The number of aromatic amines is 1. The maximum atomic E-state index is 14.4. The van der Waals surface area contributed by atoms with Crippen molar-refractivity contribution >= 4 is 16.9 Å².